The van der Waals surface area contributed by atoms with Crippen LogP contribution in [0.5, 0.6) is 11.5 Å². The monoisotopic (exact) mass is 460 g/mol. The molecule has 1 amide bonds. The third-order valence-corrected chi connectivity index (χ3v) is 7.83. The number of nitrogens with zero attached hydrogens (tertiary/aromatic N) is 1. The van der Waals surface area contributed by atoms with Crippen molar-refractivity contribution in [3.8, 4) is 11.5 Å². The highest BCUT2D eigenvalue weighted by Gasteiger charge is 2.34. The molecule has 0 heterocycles. The molecule has 1 aliphatic carbocycles. The third kappa shape index (κ3) is 5.61. The molecule has 8 heteroatoms. The highest BCUT2D eigenvalue weighted by atomic mass is 32.2. The molecule has 1 saturated carbocycles. The van der Waals surface area contributed by atoms with Crippen molar-refractivity contribution in [1.29, 1.82) is 0 Å². The molecular formula is C24H32N2O5S. The van der Waals surface area contributed by atoms with Crippen LogP contribution in [-0.4, -0.2) is 45.4 Å². The highest BCUT2D eigenvalue weighted by molar-refractivity contribution is 7.89. The number of methoxy groups -OCH3 is 2. The average molecular weight is 461 g/mol. The van der Waals surface area contributed by atoms with Gasteiger partial charge < -0.3 is 14.8 Å². The van der Waals surface area contributed by atoms with Crippen molar-refractivity contribution in [2.45, 2.75) is 56.0 Å². The summed E-state index contributed by atoms with van der Waals surface area (Å²) in [4.78, 5) is 13.2. The fraction of sp³-hybridized carbons (Fsp3) is 0.458. The number of hydrogen-bond donors (Lipinski definition) is 1. The van der Waals surface area contributed by atoms with E-state index in [1.165, 1.54) is 4.31 Å². The Labute approximate surface area is 190 Å². The maximum Gasteiger partial charge on any atom is 0.243 e. The van der Waals surface area contributed by atoms with E-state index in [4.69, 9.17) is 9.47 Å². The van der Waals surface area contributed by atoms with Crippen molar-refractivity contribution < 1.29 is 22.7 Å². The number of rotatable bonds is 9. The van der Waals surface area contributed by atoms with E-state index in [9.17, 15) is 13.2 Å². The molecular weight excluding hydrogens is 428 g/mol. The van der Waals surface area contributed by atoms with Gasteiger partial charge in [-0.15, -0.1) is 0 Å². The van der Waals surface area contributed by atoms with E-state index in [1.807, 2.05) is 19.1 Å². The van der Waals surface area contributed by atoms with Crippen LogP contribution in [0.15, 0.2) is 53.4 Å². The van der Waals surface area contributed by atoms with Crippen molar-refractivity contribution in [2.75, 3.05) is 20.8 Å². The van der Waals surface area contributed by atoms with Gasteiger partial charge in [0, 0.05) is 6.04 Å². The minimum Gasteiger partial charge on any atom is -0.493 e. The first-order valence-corrected chi connectivity index (χ1v) is 12.4. The van der Waals surface area contributed by atoms with E-state index in [0.717, 1.165) is 37.7 Å². The third-order valence-electron chi connectivity index (χ3n) is 5.92. The molecule has 0 spiro atoms. The Bertz CT molecular complexity index is 1000. The molecule has 1 unspecified atom stereocenters. The molecule has 1 atom stereocenters. The minimum atomic E-state index is -3.78. The van der Waals surface area contributed by atoms with Crippen molar-refractivity contribution in [2.24, 2.45) is 0 Å². The molecule has 1 aliphatic rings. The lowest BCUT2D eigenvalue weighted by Crippen LogP contribution is -2.47. The number of benzene rings is 2. The topological polar surface area (TPSA) is 84.9 Å². The van der Waals surface area contributed by atoms with Gasteiger partial charge in [-0.05, 0) is 49.6 Å². The molecule has 32 heavy (non-hydrogen) atoms. The summed E-state index contributed by atoms with van der Waals surface area (Å²) in [5.41, 5.74) is 0.839. The van der Waals surface area contributed by atoms with Crippen LogP contribution in [0.4, 0.5) is 0 Å². The van der Waals surface area contributed by atoms with Gasteiger partial charge in [0.1, 0.15) is 0 Å². The van der Waals surface area contributed by atoms with Crippen LogP contribution < -0.4 is 14.8 Å². The van der Waals surface area contributed by atoms with Crippen LogP contribution in [0.1, 0.15) is 50.6 Å². The molecule has 0 aliphatic heterocycles. The molecule has 0 aromatic heterocycles. The molecule has 3 rings (SSSR count). The Kier molecular flexibility index (Phi) is 8.15. The fourth-order valence-electron chi connectivity index (χ4n) is 4.14. The summed E-state index contributed by atoms with van der Waals surface area (Å²) in [6.07, 6.45) is 4.57. The van der Waals surface area contributed by atoms with E-state index in [2.05, 4.69) is 5.32 Å². The molecule has 1 N–H and O–H groups in total. The van der Waals surface area contributed by atoms with Gasteiger partial charge in [0.25, 0.3) is 0 Å². The maximum atomic E-state index is 13.4. The first-order valence-electron chi connectivity index (χ1n) is 10.9. The summed E-state index contributed by atoms with van der Waals surface area (Å²) in [5.74, 6) is 0.839. The Morgan fingerprint density at radius 3 is 2.31 bits per heavy atom. The summed E-state index contributed by atoms with van der Waals surface area (Å²) in [7, 11) is -0.658. The summed E-state index contributed by atoms with van der Waals surface area (Å²) in [6.45, 7) is 1.65. The zero-order chi connectivity index (χ0) is 23.1. The van der Waals surface area contributed by atoms with Gasteiger partial charge in [0.05, 0.1) is 31.7 Å². The van der Waals surface area contributed by atoms with E-state index < -0.39 is 10.0 Å². The normalized spacial score (nSPS) is 15.9. The molecule has 2 aromatic carbocycles. The first-order chi connectivity index (χ1) is 15.4. The molecule has 0 radical (unpaired) electrons. The van der Waals surface area contributed by atoms with Gasteiger partial charge in [0.15, 0.2) is 11.5 Å². The number of nitrogens with one attached hydrogen (secondary N) is 1. The number of carbonyl (C=O) groups is 1. The SMILES string of the molecule is COc1ccc(C(C)NC(=O)CN(C2CCCCC2)S(=O)(=O)c2ccccc2)cc1OC. The molecule has 7 nitrogen and oxygen atoms in total. The van der Waals surface area contributed by atoms with Crippen molar-refractivity contribution >= 4 is 15.9 Å². The van der Waals surface area contributed by atoms with Crippen LogP contribution in [0.3, 0.4) is 0 Å². The molecule has 0 saturated heterocycles. The standard InChI is InChI=1S/C24H32N2O5S/c1-18(19-14-15-22(30-2)23(16-19)31-3)25-24(27)17-26(20-10-6-4-7-11-20)32(28,29)21-12-8-5-9-13-21/h5,8-9,12-16,18,20H,4,6-7,10-11,17H2,1-3H3,(H,25,27). The van der Waals surface area contributed by atoms with E-state index in [-0.39, 0.29) is 29.4 Å². The van der Waals surface area contributed by atoms with Crippen LogP contribution in [0.2, 0.25) is 0 Å². The van der Waals surface area contributed by atoms with Crippen molar-refractivity contribution in [3.63, 3.8) is 0 Å². The smallest absolute Gasteiger partial charge is 0.243 e. The second kappa shape index (κ2) is 10.8. The van der Waals surface area contributed by atoms with Gasteiger partial charge in [-0.1, -0.05) is 43.5 Å². The minimum absolute atomic E-state index is 0.170. The molecule has 0 bridgehead atoms. The quantitative estimate of drug-likeness (QED) is 0.613. The molecule has 174 valence electrons. The van der Waals surface area contributed by atoms with Gasteiger partial charge in [-0.2, -0.15) is 4.31 Å². The number of sulfonamides is 1. The van der Waals surface area contributed by atoms with Gasteiger partial charge >= 0.3 is 0 Å². The van der Waals surface area contributed by atoms with Crippen LogP contribution in [0.25, 0.3) is 0 Å². The van der Waals surface area contributed by atoms with Crippen molar-refractivity contribution in [3.05, 3.63) is 54.1 Å². The van der Waals surface area contributed by atoms with Crippen LogP contribution in [-0.2, 0) is 14.8 Å². The Morgan fingerprint density at radius 2 is 1.69 bits per heavy atom. The second-order valence-corrected chi connectivity index (χ2v) is 9.95. The Morgan fingerprint density at radius 1 is 1.03 bits per heavy atom. The molecule has 1 fully saturated rings. The van der Waals surface area contributed by atoms with E-state index >= 15 is 0 Å². The second-order valence-electron chi connectivity index (χ2n) is 8.06. The van der Waals surface area contributed by atoms with Crippen molar-refractivity contribution in [1.82, 2.24) is 9.62 Å². The lowest BCUT2D eigenvalue weighted by molar-refractivity contribution is -0.122. The van der Waals surface area contributed by atoms with E-state index in [0.29, 0.717) is 11.5 Å². The largest absolute Gasteiger partial charge is 0.493 e. The van der Waals surface area contributed by atoms with Crippen LogP contribution in [0, 0.1) is 0 Å². The summed E-state index contributed by atoms with van der Waals surface area (Å²) < 4.78 is 38.8. The highest BCUT2D eigenvalue weighted by Crippen LogP contribution is 2.30. The predicted octanol–water partition coefficient (Wildman–Crippen LogP) is 3.90. The van der Waals surface area contributed by atoms with Gasteiger partial charge in [-0.3, -0.25) is 4.79 Å². The number of hydrogen-bond acceptors (Lipinski definition) is 5. The van der Waals surface area contributed by atoms with E-state index in [1.54, 1.807) is 50.6 Å². The van der Waals surface area contributed by atoms with Gasteiger partial charge in [0.2, 0.25) is 15.9 Å². The Hall–Kier alpha value is -2.58. The maximum absolute atomic E-state index is 13.4. The summed E-state index contributed by atoms with van der Waals surface area (Å²) in [6, 6.07) is 13.3. The predicted molar refractivity (Wildman–Crippen MR) is 123 cm³/mol. The summed E-state index contributed by atoms with van der Waals surface area (Å²) in [5, 5.41) is 2.94. The number of amides is 1. The number of ether oxygens (including phenoxy) is 2. The molecule has 2 aromatic rings. The fourth-order valence-corrected chi connectivity index (χ4v) is 5.80. The summed E-state index contributed by atoms with van der Waals surface area (Å²) >= 11 is 0. The lowest BCUT2D eigenvalue weighted by Gasteiger charge is -2.33. The zero-order valence-corrected chi connectivity index (χ0v) is 19.7. The van der Waals surface area contributed by atoms with Gasteiger partial charge in [-0.25, -0.2) is 8.42 Å². The van der Waals surface area contributed by atoms with Crippen LogP contribution >= 0.6 is 0 Å². The zero-order valence-electron chi connectivity index (χ0n) is 18.9. The lowest BCUT2D eigenvalue weighted by atomic mass is 9.95. The number of carbonyl (C=O) groups excluding carboxylic acids is 1. The first kappa shape index (κ1) is 24.1. The average Bonchev–Trinajstić information content (AvgIpc) is 2.83. The Balaban J connectivity index is 1.78.